The Morgan fingerprint density at radius 1 is 1.23 bits per heavy atom. The molecule has 2 aliphatic rings. The lowest BCUT2D eigenvalue weighted by Gasteiger charge is -2.27. The lowest BCUT2D eigenvalue weighted by Crippen LogP contribution is -2.47. The van der Waals surface area contributed by atoms with Crippen LogP contribution < -0.4 is 10.1 Å². The van der Waals surface area contributed by atoms with Crippen LogP contribution in [-0.4, -0.2) is 57.6 Å². The second-order valence-corrected chi connectivity index (χ2v) is 10.2. The van der Waals surface area contributed by atoms with Crippen molar-refractivity contribution in [2.24, 2.45) is 0 Å². The van der Waals surface area contributed by atoms with Crippen molar-refractivity contribution >= 4 is 29.2 Å². The first-order valence-electron chi connectivity index (χ1n) is 12.5. The first kappa shape index (κ1) is 26.9. The highest BCUT2D eigenvalue weighted by Crippen LogP contribution is 2.28. The number of ether oxygens (including phenoxy) is 3. The number of rotatable bonds is 9. The number of amides is 2. The van der Waals surface area contributed by atoms with Crippen molar-refractivity contribution in [3.8, 4) is 5.75 Å². The highest BCUT2D eigenvalue weighted by molar-refractivity contribution is 6.32. The van der Waals surface area contributed by atoms with E-state index < -0.39 is 29.5 Å². The Morgan fingerprint density at radius 3 is 2.74 bits per heavy atom. The van der Waals surface area contributed by atoms with Crippen LogP contribution in [0.5, 0.6) is 5.75 Å². The van der Waals surface area contributed by atoms with Crippen LogP contribution in [0.1, 0.15) is 19.4 Å². The molecular formula is C28H28ClFN4O5. The summed E-state index contributed by atoms with van der Waals surface area (Å²) < 4.78 is 33.5. The van der Waals surface area contributed by atoms with Gasteiger partial charge in [0.1, 0.15) is 29.5 Å². The van der Waals surface area contributed by atoms with Crippen molar-refractivity contribution < 1.29 is 28.2 Å². The van der Waals surface area contributed by atoms with E-state index in [-0.39, 0.29) is 19.1 Å². The van der Waals surface area contributed by atoms with Crippen molar-refractivity contribution in [2.75, 3.05) is 18.5 Å². The molecule has 2 amide bonds. The number of carbonyl (C=O) groups excluding carboxylic acids is 2. The Morgan fingerprint density at radius 2 is 2.00 bits per heavy atom. The van der Waals surface area contributed by atoms with Gasteiger partial charge in [0, 0.05) is 24.8 Å². The Hall–Kier alpha value is -3.73. The van der Waals surface area contributed by atoms with Gasteiger partial charge in [0.25, 0.3) is 5.91 Å². The summed E-state index contributed by atoms with van der Waals surface area (Å²) in [7, 11) is 0. The second kappa shape index (κ2) is 11.2. The highest BCUT2D eigenvalue weighted by Gasteiger charge is 2.36. The van der Waals surface area contributed by atoms with Gasteiger partial charge in [-0.25, -0.2) is 4.39 Å². The Kier molecular flexibility index (Phi) is 7.69. The minimum absolute atomic E-state index is 0.0137. The van der Waals surface area contributed by atoms with E-state index in [1.54, 1.807) is 59.4 Å². The third kappa shape index (κ3) is 6.47. The molecule has 9 nitrogen and oxygen atoms in total. The van der Waals surface area contributed by atoms with Gasteiger partial charge in [-0.05, 0) is 37.6 Å². The van der Waals surface area contributed by atoms with Gasteiger partial charge in [0.15, 0.2) is 11.6 Å². The number of anilines is 1. The van der Waals surface area contributed by atoms with Gasteiger partial charge in [-0.15, -0.1) is 0 Å². The molecule has 2 atom stereocenters. The van der Waals surface area contributed by atoms with Crippen LogP contribution in [0.15, 0.2) is 72.6 Å². The Labute approximate surface area is 230 Å². The molecule has 1 N–H and O–H groups in total. The molecule has 0 aliphatic carbocycles. The zero-order chi connectivity index (χ0) is 27.6. The van der Waals surface area contributed by atoms with E-state index in [1.807, 2.05) is 13.8 Å². The normalized spacial score (nSPS) is 19.2. The molecule has 0 bridgehead atoms. The molecule has 1 aromatic heterocycles. The number of benzene rings is 2. The molecule has 2 aromatic carbocycles. The molecule has 3 aromatic rings. The highest BCUT2D eigenvalue weighted by atomic mass is 35.5. The van der Waals surface area contributed by atoms with Crippen LogP contribution >= 0.6 is 11.6 Å². The monoisotopic (exact) mass is 554 g/mol. The first-order valence-corrected chi connectivity index (χ1v) is 12.9. The largest absolute Gasteiger partial charge is 0.458 e. The van der Waals surface area contributed by atoms with Gasteiger partial charge < -0.3 is 24.4 Å². The van der Waals surface area contributed by atoms with Crippen molar-refractivity contribution in [2.45, 2.75) is 44.7 Å². The molecule has 5 rings (SSSR count). The van der Waals surface area contributed by atoms with Gasteiger partial charge in [-0.2, -0.15) is 5.10 Å². The molecule has 11 heteroatoms. The number of nitrogens with one attached hydrogen (secondary N) is 1. The molecule has 2 aliphatic heterocycles. The fraction of sp³-hybridized carbons (Fsp3) is 0.321. The maximum absolute atomic E-state index is 14.6. The topological polar surface area (TPSA) is 94.9 Å². The maximum Gasteiger partial charge on any atom is 0.251 e. The van der Waals surface area contributed by atoms with Crippen LogP contribution in [-0.2, 0) is 32.0 Å². The fourth-order valence-electron chi connectivity index (χ4n) is 4.52. The van der Waals surface area contributed by atoms with Crippen LogP contribution in [0.25, 0.3) is 0 Å². The molecule has 0 saturated carbocycles. The van der Waals surface area contributed by atoms with Gasteiger partial charge in [0.2, 0.25) is 5.91 Å². The lowest BCUT2D eigenvalue weighted by molar-refractivity contribution is -0.139. The Balaban J connectivity index is 1.31. The molecule has 1 saturated heterocycles. The van der Waals surface area contributed by atoms with E-state index in [9.17, 15) is 14.0 Å². The zero-order valence-corrected chi connectivity index (χ0v) is 22.2. The summed E-state index contributed by atoms with van der Waals surface area (Å²) in [6.45, 7) is 4.57. The quantitative estimate of drug-likeness (QED) is 0.426. The van der Waals surface area contributed by atoms with Crippen molar-refractivity contribution in [3.05, 3.63) is 89.0 Å². The predicted molar refractivity (Wildman–Crippen MR) is 142 cm³/mol. The van der Waals surface area contributed by atoms with Crippen LogP contribution in [0.4, 0.5) is 10.2 Å². The first-order chi connectivity index (χ1) is 18.7. The van der Waals surface area contributed by atoms with Gasteiger partial charge in [0.05, 0.1) is 24.7 Å². The average Bonchev–Trinajstić information content (AvgIpc) is 3.58. The summed E-state index contributed by atoms with van der Waals surface area (Å²) in [6, 6.07) is 13.7. The standard InChI is InChI=1S/C28H28ClFN4O5/c1-28(2)37-17-20(39-28)15-33-12-11-25(32-33)31-27(36)23(13-18-7-3-5-9-22(18)30)34-16-19(14-26(34)35)38-24-10-6-4-8-21(24)29/h3-12,14,20,23H,13,15-17H2,1-2H3,(H,31,32,36)/t20-,23+/m1/s1. The maximum atomic E-state index is 14.6. The number of carbonyl (C=O) groups is 2. The van der Waals surface area contributed by atoms with Gasteiger partial charge >= 0.3 is 0 Å². The molecular weight excluding hydrogens is 527 g/mol. The number of hydrogen-bond acceptors (Lipinski definition) is 6. The van der Waals surface area contributed by atoms with Crippen LogP contribution in [0, 0.1) is 5.82 Å². The predicted octanol–water partition coefficient (Wildman–Crippen LogP) is 4.18. The summed E-state index contributed by atoms with van der Waals surface area (Å²) in [5, 5.41) is 7.57. The van der Waals surface area contributed by atoms with Crippen molar-refractivity contribution in [1.82, 2.24) is 14.7 Å². The number of aromatic nitrogens is 2. The van der Waals surface area contributed by atoms with E-state index in [4.69, 9.17) is 25.8 Å². The molecule has 1 fully saturated rings. The van der Waals surface area contributed by atoms with Gasteiger partial charge in [-0.3, -0.25) is 14.3 Å². The number of para-hydroxylation sites is 1. The number of hydrogen-bond donors (Lipinski definition) is 1. The third-order valence-corrected chi connectivity index (χ3v) is 6.68. The average molecular weight is 555 g/mol. The second-order valence-electron chi connectivity index (χ2n) is 9.78. The van der Waals surface area contributed by atoms with E-state index >= 15 is 0 Å². The molecule has 0 unspecified atom stereocenters. The summed E-state index contributed by atoms with van der Waals surface area (Å²) in [5.41, 5.74) is 0.303. The Bertz CT molecular complexity index is 1410. The molecule has 0 spiro atoms. The van der Waals surface area contributed by atoms with E-state index in [2.05, 4.69) is 10.4 Å². The zero-order valence-electron chi connectivity index (χ0n) is 21.5. The smallest absolute Gasteiger partial charge is 0.251 e. The summed E-state index contributed by atoms with van der Waals surface area (Å²) >= 11 is 6.19. The van der Waals surface area contributed by atoms with E-state index in [0.29, 0.717) is 41.1 Å². The van der Waals surface area contributed by atoms with E-state index in [0.717, 1.165) is 0 Å². The van der Waals surface area contributed by atoms with Gasteiger partial charge in [-0.1, -0.05) is 41.9 Å². The summed E-state index contributed by atoms with van der Waals surface area (Å²) in [6.07, 6.45) is 2.81. The fourth-order valence-corrected chi connectivity index (χ4v) is 4.70. The minimum atomic E-state index is -1.03. The summed E-state index contributed by atoms with van der Waals surface area (Å²) in [5.74, 6) is -1.05. The molecule has 39 heavy (non-hydrogen) atoms. The number of nitrogens with zero attached hydrogens (tertiary/aromatic N) is 3. The van der Waals surface area contributed by atoms with Crippen LogP contribution in [0.2, 0.25) is 5.02 Å². The molecule has 0 radical (unpaired) electrons. The molecule has 3 heterocycles. The van der Waals surface area contributed by atoms with E-state index in [1.165, 1.54) is 17.0 Å². The molecule has 204 valence electrons. The minimum Gasteiger partial charge on any atom is -0.458 e. The lowest BCUT2D eigenvalue weighted by atomic mass is 10.0. The van der Waals surface area contributed by atoms with Crippen molar-refractivity contribution in [1.29, 1.82) is 0 Å². The van der Waals surface area contributed by atoms with Crippen LogP contribution in [0.3, 0.4) is 0 Å². The number of halogens is 2. The summed E-state index contributed by atoms with van der Waals surface area (Å²) in [4.78, 5) is 27.9. The SMILES string of the molecule is CC1(C)OC[C@@H](Cn2ccc(NC(=O)[C@H](Cc3ccccc3F)N3CC(Oc4ccccc4Cl)=CC3=O)n2)O1. The van der Waals surface area contributed by atoms with Crippen molar-refractivity contribution in [3.63, 3.8) is 0 Å². The third-order valence-electron chi connectivity index (χ3n) is 6.37.